The van der Waals surface area contributed by atoms with Crippen LogP contribution in [0.25, 0.3) is 0 Å². The molecule has 1 atom stereocenters. The summed E-state index contributed by atoms with van der Waals surface area (Å²) in [6.45, 7) is 16.8. The highest BCUT2D eigenvalue weighted by Gasteiger charge is 2.33. The van der Waals surface area contributed by atoms with Crippen molar-refractivity contribution in [3.63, 3.8) is 0 Å². The summed E-state index contributed by atoms with van der Waals surface area (Å²) in [5.74, 6) is 0.932. The average molecular weight is 283 g/mol. The van der Waals surface area contributed by atoms with E-state index in [1.807, 2.05) is 0 Å². The molecule has 0 aliphatic carbocycles. The Morgan fingerprint density at radius 3 is 2.45 bits per heavy atom. The van der Waals surface area contributed by atoms with Crippen molar-refractivity contribution in [1.29, 1.82) is 0 Å². The molecule has 1 saturated heterocycles. The Morgan fingerprint density at radius 2 is 2.00 bits per heavy atom. The molecule has 2 N–H and O–H groups in total. The summed E-state index contributed by atoms with van der Waals surface area (Å²) >= 11 is 0. The molecule has 0 spiro atoms. The molecular weight excluding hydrogens is 250 g/mol. The second-order valence-electron chi connectivity index (χ2n) is 7.64. The summed E-state index contributed by atoms with van der Waals surface area (Å²) in [5, 5.41) is 6.84. The van der Waals surface area contributed by atoms with Gasteiger partial charge in [0.15, 0.2) is 5.96 Å². The van der Waals surface area contributed by atoms with Gasteiger partial charge in [-0.1, -0.05) is 27.7 Å². The molecule has 0 saturated carbocycles. The largest absolute Gasteiger partial charge is 0.380 e. The lowest BCUT2D eigenvalue weighted by Gasteiger charge is -2.36. The van der Waals surface area contributed by atoms with Crippen LogP contribution in [0, 0.1) is 10.8 Å². The van der Waals surface area contributed by atoms with Crippen molar-refractivity contribution < 1.29 is 4.74 Å². The van der Waals surface area contributed by atoms with Crippen molar-refractivity contribution in [2.75, 3.05) is 26.3 Å². The van der Waals surface area contributed by atoms with E-state index in [4.69, 9.17) is 9.73 Å². The molecule has 118 valence electrons. The van der Waals surface area contributed by atoms with Gasteiger partial charge < -0.3 is 15.4 Å². The van der Waals surface area contributed by atoms with Crippen molar-refractivity contribution in [3.05, 3.63) is 0 Å². The summed E-state index contributed by atoms with van der Waals surface area (Å²) < 4.78 is 5.28. The van der Waals surface area contributed by atoms with Gasteiger partial charge in [-0.2, -0.15) is 0 Å². The van der Waals surface area contributed by atoms with Crippen molar-refractivity contribution in [2.24, 2.45) is 15.8 Å². The zero-order valence-electron chi connectivity index (χ0n) is 14.2. The molecule has 0 amide bonds. The minimum Gasteiger partial charge on any atom is -0.380 e. The molecule has 20 heavy (non-hydrogen) atoms. The number of hydrogen-bond donors (Lipinski definition) is 2. The van der Waals surface area contributed by atoms with Crippen LogP contribution in [0.1, 0.15) is 54.4 Å². The molecule has 0 aromatic heterocycles. The van der Waals surface area contributed by atoms with Crippen LogP contribution in [-0.2, 0) is 4.74 Å². The van der Waals surface area contributed by atoms with E-state index in [1.165, 1.54) is 6.42 Å². The highest BCUT2D eigenvalue weighted by Crippen LogP contribution is 2.26. The third kappa shape index (κ3) is 6.60. The second kappa shape index (κ2) is 7.30. The number of guanidine groups is 1. The molecule has 1 aliphatic heterocycles. The summed E-state index contributed by atoms with van der Waals surface area (Å²) in [5.41, 5.74) is 0.624. The van der Waals surface area contributed by atoms with Gasteiger partial charge in [0.05, 0.1) is 19.8 Å². The fraction of sp³-hybridized carbons (Fsp3) is 0.938. The molecule has 1 heterocycles. The van der Waals surface area contributed by atoms with E-state index in [0.717, 1.165) is 38.7 Å². The highest BCUT2D eigenvalue weighted by atomic mass is 16.5. The summed E-state index contributed by atoms with van der Waals surface area (Å²) in [6.07, 6.45) is 2.38. The van der Waals surface area contributed by atoms with Crippen molar-refractivity contribution in [3.8, 4) is 0 Å². The first-order valence-electron chi connectivity index (χ1n) is 7.87. The molecule has 1 fully saturated rings. The molecule has 1 aliphatic rings. The maximum Gasteiger partial charge on any atom is 0.191 e. The van der Waals surface area contributed by atoms with Gasteiger partial charge in [0, 0.05) is 18.0 Å². The van der Waals surface area contributed by atoms with Crippen LogP contribution in [0.4, 0.5) is 0 Å². The number of nitrogens with one attached hydrogen (secondary N) is 2. The molecule has 0 bridgehead atoms. The van der Waals surface area contributed by atoms with E-state index < -0.39 is 0 Å². The Kier molecular flexibility index (Phi) is 6.31. The molecular formula is C16H33N3O. The predicted octanol–water partition coefficient (Wildman–Crippen LogP) is 2.79. The molecule has 0 aromatic rings. The van der Waals surface area contributed by atoms with Gasteiger partial charge in [-0.25, -0.2) is 0 Å². The van der Waals surface area contributed by atoms with Crippen LogP contribution in [0.15, 0.2) is 4.99 Å². The Hall–Kier alpha value is -0.770. The molecule has 0 radical (unpaired) electrons. The summed E-state index contributed by atoms with van der Waals surface area (Å²) in [7, 11) is 0. The van der Waals surface area contributed by atoms with Gasteiger partial charge in [-0.05, 0) is 32.1 Å². The molecule has 4 heteroatoms. The lowest BCUT2D eigenvalue weighted by molar-refractivity contribution is -0.0945. The predicted molar refractivity (Wildman–Crippen MR) is 86.2 cm³/mol. The van der Waals surface area contributed by atoms with Crippen LogP contribution < -0.4 is 10.6 Å². The highest BCUT2D eigenvalue weighted by molar-refractivity contribution is 5.80. The smallest absolute Gasteiger partial charge is 0.191 e. The van der Waals surface area contributed by atoms with Crippen LogP contribution >= 0.6 is 0 Å². The number of hydrogen-bond acceptors (Lipinski definition) is 2. The third-order valence-electron chi connectivity index (χ3n) is 3.57. The minimum atomic E-state index is 0.233. The van der Waals surface area contributed by atoms with E-state index in [9.17, 15) is 0 Å². The quantitative estimate of drug-likeness (QED) is 0.582. The van der Waals surface area contributed by atoms with Crippen molar-refractivity contribution in [1.82, 2.24) is 10.6 Å². The first kappa shape index (κ1) is 17.3. The lowest BCUT2D eigenvalue weighted by Crippen LogP contribution is -2.46. The Labute approximate surface area is 124 Å². The molecule has 1 unspecified atom stereocenters. The number of rotatable bonds is 6. The number of ether oxygens (including phenoxy) is 1. The minimum absolute atomic E-state index is 0.233. The third-order valence-corrected chi connectivity index (χ3v) is 3.57. The lowest BCUT2D eigenvalue weighted by atomic mass is 9.89. The normalized spacial score (nSPS) is 20.2. The van der Waals surface area contributed by atoms with Gasteiger partial charge in [0.25, 0.3) is 0 Å². The fourth-order valence-electron chi connectivity index (χ4n) is 2.09. The van der Waals surface area contributed by atoms with Crippen LogP contribution in [-0.4, -0.2) is 38.3 Å². The van der Waals surface area contributed by atoms with Crippen LogP contribution in [0.2, 0.25) is 0 Å². The van der Waals surface area contributed by atoms with Crippen molar-refractivity contribution >= 4 is 5.96 Å². The SMILES string of the molecule is CCNC(=NCC1(C)COC1)NC(C)CCC(C)(C)C. The standard InChI is InChI=1S/C16H33N3O/c1-7-17-14(18-10-16(6)11-20-12-16)19-13(2)8-9-15(3,4)5/h13H,7-12H2,1-6H3,(H2,17,18,19). The van der Waals surface area contributed by atoms with Gasteiger partial charge >= 0.3 is 0 Å². The van der Waals surface area contributed by atoms with E-state index in [2.05, 4.69) is 52.2 Å². The second-order valence-corrected chi connectivity index (χ2v) is 7.64. The number of nitrogens with zero attached hydrogens (tertiary/aromatic N) is 1. The summed E-state index contributed by atoms with van der Waals surface area (Å²) in [6, 6.07) is 0.442. The van der Waals surface area contributed by atoms with Gasteiger partial charge in [-0.3, -0.25) is 4.99 Å². The van der Waals surface area contributed by atoms with E-state index >= 15 is 0 Å². The van der Waals surface area contributed by atoms with E-state index in [1.54, 1.807) is 0 Å². The number of aliphatic imine (C=N–C) groups is 1. The Morgan fingerprint density at radius 1 is 1.35 bits per heavy atom. The Balaban J connectivity index is 2.42. The van der Waals surface area contributed by atoms with Gasteiger partial charge in [0.2, 0.25) is 0 Å². The molecule has 1 rings (SSSR count). The Bertz CT molecular complexity index is 316. The topological polar surface area (TPSA) is 45.7 Å². The van der Waals surface area contributed by atoms with E-state index in [0.29, 0.717) is 11.5 Å². The maximum absolute atomic E-state index is 5.28. The van der Waals surface area contributed by atoms with Gasteiger partial charge in [0.1, 0.15) is 0 Å². The first-order valence-corrected chi connectivity index (χ1v) is 7.87. The monoisotopic (exact) mass is 283 g/mol. The fourth-order valence-corrected chi connectivity index (χ4v) is 2.09. The molecule has 4 nitrogen and oxygen atoms in total. The molecule has 0 aromatic carbocycles. The van der Waals surface area contributed by atoms with Crippen LogP contribution in [0.3, 0.4) is 0 Å². The van der Waals surface area contributed by atoms with Crippen molar-refractivity contribution in [2.45, 2.75) is 60.4 Å². The maximum atomic E-state index is 5.28. The zero-order valence-corrected chi connectivity index (χ0v) is 14.2. The van der Waals surface area contributed by atoms with E-state index in [-0.39, 0.29) is 5.41 Å². The van der Waals surface area contributed by atoms with Gasteiger partial charge in [-0.15, -0.1) is 0 Å². The van der Waals surface area contributed by atoms with Crippen LogP contribution in [0.5, 0.6) is 0 Å². The summed E-state index contributed by atoms with van der Waals surface area (Å²) in [4.78, 5) is 4.71. The first-order chi connectivity index (χ1) is 9.24. The average Bonchev–Trinajstić information content (AvgIpc) is 2.30. The zero-order chi connectivity index (χ0) is 15.2.